The minimum absolute atomic E-state index is 0.0165. The molecule has 2 atom stereocenters. The van der Waals surface area contributed by atoms with Crippen LogP contribution < -0.4 is 5.14 Å². The number of hydrogen-bond donors (Lipinski definition) is 1. The van der Waals surface area contributed by atoms with Gasteiger partial charge in [-0.15, -0.1) is 0 Å². The van der Waals surface area contributed by atoms with Crippen molar-refractivity contribution in [1.82, 2.24) is 0 Å². The van der Waals surface area contributed by atoms with Crippen LogP contribution in [0.5, 0.6) is 0 Å². The van der Waals surface area contributed by atoms with Crippen LogP contribution in [0.2, 0.25) is 0 Å². The van der Waals surface area contributed by atoms with Gasteiger partial charge in [-0.2, -0.15) is 0 Å². The lowest BCUT2D eigenvalue weighted by molar-refractivity contribution is -0.109. The summed E-state index contributed by atoms with van der Waals surface area (Å²) in [5.74, 6) is 0.192. The molecule has 0 amide bonds. The predicted molar refractivity (Wildman–Crippen MR) is 63.9 cm³/mol. The van der Waals surface area contributed by atoms with Crippen molar-refractivity contribution in [3.05, 3.63) is 29.8 Å². The van der Waals surface area contributed by atoms with Crippen LogP contribution in [0.25, 0.3) is 0 Å². The van der Waals surface area contributed by atoms with Crippen molar-refractivity contribution >= 4 is 16.3 Å². The van der Waals surface area contributed by atoms with E-state index in [4.69, 9.17) is 5.14 Å². The molecule has 0 heterocycles. The van der Waals surface area contributed by atoms with Crippen LogP contribution in [0, 0.1) is 11.3 Å². The maximum Gasteiger partial charge on any atom is 0.238 e. The summed E-state index contributed by atoms with van der Waals surface area (Å²) in [7, 11) is -3.64. The monoisotopic (exact) mass is 253 g/mol. The molecule has 2 rings (SSSR count). The molecule has 0 aliphatic heterocycles. The number of hydrogen-bond acceptors (Lipinski definition) is 3. The lowest BCUT2D eigenvalue weighted by Gasteiger charge is -2.04. The number of sulfonamides is 1. The zero-order valence-electron chi connectivity index (χ0n) is 9.75. The third-order valence-electron chi connectivity index (χ3n) is 3.63. The zero-order chi connectivity index (χ0) is 12.8. The van der Waals surface area contributed by atoms with E-state index >= 15 is 0 Å². The van der Waals surface area contributed by atoms with Crippen molar-refractivity contribution < 1.29 is 13.2 Å². The Balaban J connectivity index is 2.30. The van der Waals surface area contributed by atoms with E-state index in [1.54, 1.807) is 12.1 Å². The summed E-state index contributed by atoms with van der Waals surface area (Å²) >= 11 is 0. The van der Waals surface area contributed by atoms with Gasteiger partial charge >= 0.3 is 0 Å². The molecule has 1 fully saturated rings. The van der Waals surface area contributed by atoms with E-state index in [2.05, 4.69) is 0 Å². The average Bonchev–Trinajstić information content (AvgIpc) is 2.79. The molecule has 1 aliphatic carbocycles. The molecule has 1 aromatic rings. The fourth-order valence-electron chi connectivity index (χ4n) is 2.43. The molecule has 17 heavy (non-hydrogen) atoms. The second kappa shape index (κ2) is 3.65. The summed E-state index contributed by atoms with van der Waals surface area (Å²) in [6.07, 6.45) is 0.970. The second-order valence-electron chi connectivity index (χ2n) is 5.07. The Morgan fingerprint density at radius 3 is 2.12 bits per heavy atom. The summed E-state index contributed by atoms with van der Waals surface area (Å²) < 4.78 is 22.2. The lowest BCUT2D eigenvalue weighted by atomic mass is 10.0. The Morgan fingerprint density at radius 1 is 1.24 bits per heavy atom. The van der Waals surface area contributed by atoms with Crippen molar-refractivity contribution in [2.24, 2.45) is 16.5 Å². The van der Waals surface area contributed by atoms with Gasteiger partial charge < -0.3 is 4.79 Å². The van der Waals surface area contributed by atoms with Crippen LogP contribution >= 0.6 is 0 Å². The van der Waals surface area contributed by atoms with E-state index in [0.29, 0.717) is 0 Å². The topological polar surface area (TPSA) is 77.2 Å². The third kappa shape index (κ3) is 2.00. The molecule has 92 valence electrons. The van der Waals surface area contributed by atoms with E-state index in [1.807, 2.05) is 13.8 Å². The molecule has 1 aromatic carbocycles. The number of benzene rings is 1. The van der Waals surface area contributed by atoms with Gasteiger partial charge in [0.05, 0.1) is 4.90 Å². The summed E-state index contributed by atoms with van der Waals surface area (Å²) in [5, 5.41) is 5.02. The van der Waals surface area contributed by atoms with Crippen LogP contribution in [0.4, 0.5) is 0 Å². The van der Waals surface area contributed by atoms with E-state index in [9.17, 15) is 13.2 Å². The molecule has 0 aromatic heterocycles. The highest BCUT2D eigenvalue weighted by Crippen LogP contribution is 2.63. The number of carbonyl (C=O) groups is 1. The van der Waals surface area contributed by atoms with Crippen LogP contribution in [-0.4, -0.2) is 14.7 Å². The quantitative estimate of drug-likeness (QED) is 0.824. The molecular weight excluding hydrogens is 238 g/mol. The fraction of sp³-hybridized carbons (Fsp3) is 0.417. The van der Waals surface area contributed by atoms with E-state index in [0.717, 1.165) is 11.8 Å². The summed E-state index contributed by atoms with van der Waals surface area (Å²) in [6.45, 7) is 4.06. The Kier molecular flexibility index (Phi) is 2.63. The van der Waals surface area contributed by atoms with Crippen molar-refractivity contribution in [2.45, 2.75) is 24.7 Å². The molecule has 5 heteroatoms. The van der Waals surface area contributed by atoms with Gasteiger partial charge in [-0.3, -0.25) is 0 Å². The van der Waals surface area contributed by atoms with Crippen molar-refractivity contribution in [2.75, 3.05) is 0 Å². The first kappa shape index (κ1) is 12.3. The number of carbonyl (C=O) groups excluding carboxylic acids is 1. The molecule has 4 nitrogen and oxygen atoms in total. The van der Waals surface area contributed by atoms with Crippen LogP contribution in [0.15, 0.2) is 29.2 Å². The Hall–Kier alpha value is -1.20. The van der Waals surface area contributed by atoms with E-state index < -0.39 is 10.0 Å². The second-order valence-corrected chi connectivity index (χ2v) is 6.64. The first-order chi connectivity index (χ1) is 7.78. The van der Waals surface area contributed by atoms with Crippen LogP contribution in [0.3, 0.4) is 0 Å². The first-order valence-corrected chi connectivity index (χ1v) is 6.91. The van der Waals surface area contributed by atoms with Gasteiger partial charge in [0.2, 0.25) is 10.0 Å². The summed E-state index contributed by atoms with van der Waals surface area (Å²) in [6, 6.07) is 6.44. The maximum atomic E-state index is 11.1. The standard InChI is InChI=1S/C12H15NO3S/c1-12(2)10(7-14)11(12)8-3-5-9(6-4-8)17(13,15)16/h3-7,10-11H,1-2H3,(H2,13,15,16)/t10-,11-/m1/s1. The highest BCUT2D eigenvalue weighted by molar-refractivity contribution is 7.89. The molecular formula is C12H15NO3S. The van der Waals surface area contributed by atoms with Gasteiger partial charge in [0.15, 0.2) is 0 Å². The number of primary sulfonamides is 1. The highest BCUT2D eigenvalue weighted by Gasteiger charge is 2.58. The van der Waals surface area contributed by atoms with Gasteiger partial charge in [-0.25, -0.2) is 13.6 Å². The normalized spacial score (nSPS) is 26.5. The average molecular weight is 253 g/mol. The van der Waals surface area contributed by atoms with Gasteiger partial charge in [0.1, 0.15) is 6.29 Å². The first-order valence-electron chi connectivity index (χ1n) is 5.36. The van der Waals surface area contributed by atoms with Gasteiger partial charge in [0.25, 0.3) is 0 Å². The molecule has 1 saturated carbocycles. The predicted octanol–water partition coefficient (Wildman–Crippen LogP) is 1.27. The van der Waals surface area contributed by atoms with Crippen molar-refractivity contribution in [1.29, 1.82) is 0 Å². The molecule has 0 bridgehead atoms. The largest absolute Gasteiger partial charge is 0.303 e. The lowest BCUT2D eigenvalue weighted by Crippen LogP contribution is -2.11. The Labute approximate surface area is 101 Å². The highest BCUT2D eigenvalue weighted by atomic mass is 32.2. The molecule has 0 spiro atoms. The van der Waals surface area contributed by atoms with Crippen molar-refractivity contribution in [3.8, 4) is 0 Å². The van der Waals surface area contributed by atoms with Gasteiger partial charge in [-0.1, -0.05) is 26.0 Å². The van der Waals surface area contributed by atoms with Gasteiger partial charge in [-0.05, 0) is 29.0 Å². The molecule has 0 unspecified atom stereocenters. The Morgan fingerprint density at radius 2 is 1.76 bits per heavy atom. The van der Waals surface area contributed by atoms with Crippen LogP contribution in [0.1, 0.15) is 25.3 Å². The third-order valence-corrected chi connectivity index (χ3v) is 4.55. The molecule has 1 aliphatic rings. The number of nitrogens with two attached hydrogens (primary N) is 1. The van der Waals surface area contributed by atoms with E-state index in [1.165, 1.54) is 12.1 Å². The number of rotatable bonds is 3. The van der Waals surface area contributed by atoms with Crippen LogP contribution in [-0.2, 0) is 14.8 Å². The zero-order valence-corrected chi connectivity index (χ0v) is 10.6. The molecule has 0 saturated heterocycles. The SMILES string of the molecule is CC1(C)[C@H](C=O)[C@H]1c1ccc(S(N)(=O)=O)cc1. The minimum atomic E-state index is -3.64. The fourth-order valence-corrected chi connectivity index (χ4v) is 2.95. The van der Waals surface area contributed by atoms with Crippen molar-refractivity contribution in [3.63, 3.8) is 0 Å². The maximum absolute atomic E-state index is 11.1. The smallest absolute Gasteiger partial charge is 0.238 e. The summed E-state index contributed by atoms with van der Waals surface area (Å²) in [5.41, 5.74) is 0.949. The molecule has 0 radical (unpaired) electrons. The van der Waals surface area contributed by atoms with Gasteiger partial charge in [0, 0.05) is 5.92 Å². The number of aldehydes is 1. The van der Waals surface area contributed by atoms with E-state index in [-0.39, 0.29) is 22.1 Å². The minimum Gasteiger partial charge on any atom is -0.303 e. The molecule has 2 N–H and O–H groups in total. The Bertz CT molecular complexity index is 546. The summed E-state index contributed by atoms with van der Waals surface area (Å²) in [4.78, 5) is 11.0.